The fourth-order valence-corrected chi connectivity index (χ4v) is 4.02. The van der Waals surface area contributed by atoms with Gasteiger partial charge in [0.1, 0.15) is 11.6 Å². The largest absolute Gasteiger partial charge is 0.273 e. The molecular formula is C22H20F2N2O. The molecule has 0 saturated heterocycles. The molecule has 0 N–H and O–H groups in total. The van der Waals surface area contributed by atoms with Crippen molar-refractivity contribution in [2.45, 2.75) is 32.2 Å². The average Bonchev–Trinajstić information content (AvgIpc) is 3.05. The lowest BCUT2D eigenvalue weighted by Gasteiger charge is -2.29. The lowest BCUT2D eigenvalue weighted by atomic mass is 9.77. The molecule has 2 aromatic rings. The minimum Gasteiger partial charge on any atom is -0.273 e. The molecule has 1 amide bonds. The first-order valence-corrected chi connectivity index (χ1v) is 9.13. The van der Waals surface area contributed by atoms with Gasteiger partial charge in [-0.3, -0.25) is 4.79 Å². The summed E-state index contributed by atoms with van der Waals surface area (Å²) in [6, 6.07) is 12.4. The number of hydrazone groups is 1. The van der Waals surface area contributed by atoms with Gasteiger partial charge < -0.3 is 0 Å². The number of allylic oxidation sites excluding steroid dienone is 1. The Balaban J connectivity index is 1.72. The van der Waals surface area contributed by atoms with Crippen LogP contribution >= 0.6 is 0 Å². The molecule has 1 fully saturated rings. The van der Waals surface area contributed by atoms with E-state index in [9.17, 15) is 13.6 Å². The summed E-state index contributed by atoms with van der Waals surface area (Å²) in [6.45, 7) is 1.50. The molecular weight excluding hydrogens is 346 g/mol. The maximum atomic E-state index is 13.4. The molecule has 27 heavy (non-hydrogen) atoms. The van der Waals surface area contributed by atoms with Gasteiger partial charge in [0.25, 0.3) is 0 Å². The number of amides is 1. The third kappa shape index (κ3) is 3.42. The van der Waals surface area contributed by atoms with Crippen LogP contribution in [0.3, 0.4) is 0 Å². The lowest BCUT2D eigenvalue weighted by molar-refractivity contribution is -0.131. The Kier molecular flexibility index (Phi) is 4.60. The lowest BCUT2D eigenvalue weighted by Crippen LogP contribution is -2.30. The number of carbonyl (C=O) groups is 1. The predicted octanol–water partition coefficient (Wildman–Crippen LogP) is 5.11. The van der Waals surface area contributed by atoms with Crippen molar-refractivity contribution >= 4 is 17.7 Å². The van der Waals surface area contributed by atoms with Crippen molar-refractivity contribution in [2.75, 3.05) is 0 Å². The van der Waals surface area contributed by atoms with Crippen molar-refractivity contribution in [3.8, 4) is 0 Å². The molecule has 0 unspecified atom stereocenters. The zero-order valence-corrected chi connectivity index (χ0v) is 15.0. The summed E-state index contributed by atoms with van der Waals surface area (Å²) in [7, 11) is 0. The van der Waals surface area contributed by atoms with E-state index in [0.29, 0.717) is 0 Å². The maximum Gasteiger partial charge on any atom is 0.240 e. The van der Waals surface area contributed by atoms with Gasteiger partial charge in [-0.1, -0.05) is 24.3 Å². The summed E-state index contributed by atoms with van der Waals surface area (Å²) in [5, 5.41) is 6.17. The molecule has 1 heterocycles. The van der Waals surface area contributed by atoms with Gasteiger partial charge in [-0.15, -0.1) is 0 Å². The molecule has 1 saturated carbocycles. The molecule has 0 aromatic heterocycles. The van der Waals surface area contributed by atoms with Crippen molar-refractivity contribution in [1.29, 1.82) is 0 Å². The van der Waals surface area contributed by atoms with E-state index < -0.39 is 0 Å². The van der Waals surface area contributed by atoms with Crippen molar-refractivity contribution in [3.63, 3.8) is 0 Å². The smallest absolute Gasteiger partial charge is 0.240 e. The Labute approximate surface area is 157 Å². The van der Waals surface area contributed by atoms with Crippen LogP contribution in [0.25, 0.3) is 6.08 Å². The molecule has 4 rings (SSSR count). The van der Waals surface area contributed by atoms with Crippen LogP contribution in [-0.2, 0) is 4.79 Å². The summed E-state index contributed by atoms with van der Waals surface area (Å²) < 4.78 is 26.5. The number of benzene rings is 2. The van der Waals surface area contributed by atoms with Gasteiger partial charge in [-0.05, 0) is 66.3 Å². The second-order valence-corrected chi connectivity index (χ2v) is 7.07. The number of hydrogen-bond acceptors (Lipinski definition) is 2. The summed E-state index contributed by atoms with van der Waals surface area (Å²) in [5.74, 6) is -0.615. The molecule has 2 aromatic carbocycles. The highest BCUT2D eigenvalue weighted by atomic mass is 19.1. The molecule has 0 bridgehead atoms. The molecule has 2 aliphatic rings. The van der Waals surface area contributed by atoms with E-state index in [4.69, 9.17) is 0 Å². The number of carbonyl (C=O) groups excluding carboxylic acids is 1. The van der Waals surface area contributed by atoms with Gasteiger partial charge >= 0.3 is 0 Å². The van der Waals surface area contributed by atoms with Gasteiger partial charge in [0.15, 0.2) is 0 Å². The van der Waals surface area contributed by atoms with Crippen molar-refractivity contribution < 1.29 is 13.6 Å². The van der Waals surface area contributed by atoms with E-state index in [1.165, 1.54) is 36.2 Å². The highest BCUT2D eigenvalue weighted by Crippen LogP contribution is 2.44. The van der Waals surface area contributed by atoms with E-state index in [-0.39, 0.29) is 29.5 Å². The third-order valence-electron chi connectivity index (χ3n) is 5.25. The Bertz CT molecular complexity index is 916. The molecule has 3 nitrogen and oxygen atoms in total. The third-order valence-corrected chi connectivity index (χ3v) is 5.25. The second-order valence-electron chi connectivity index (χ2n) is 7.07. The predicted molar refractivity (Wildman–Crippen MR) is 101 cm³/mol. The normalized spacial score (nSPS) is 23.3. The number of hydrogen-bond donors (Lipinski definition) is 0. The van der Waals surface area contributed by atoms with Gasteiger partial charge in [0.05, 0.1) is 11.8 Å². The number of fused-ring (bicyclic) bond motifs is 1. The molecule has 1 aliphatic carbocycles. The average molecular weight is 366 g/mol. The first kappa shape index (κ1) is 17.6. The van der Waals surface area contributed by atoms with Gasteiger partial charge in [0.2, 0.25) is 5.91 Å². The first-order valence-electron chi connectivity index (χ1n) is 9.13. The highest BCUT2D eigenvalue weighted by molar-refractivity contribution is 6.08. The fraction of sp³-hybridized carbons (Fsp3) is 0.273. The second kappa shape index (κ2) is 7.06. The zero-order valence-electron chi connectivity index (χ0n) is 15.0. The molecule has 0 radical (unpaired) electrons. The van der Waals surface area contributed by atoms with Crippen LogP contribution in [-0.4, -0.2) is 16.6 Å². The van der Waals surface area contributed by atoms with Crippen molar-refractivity contribution in [3.05, 3.63) is 76.9 Å². The van der Waals surface area contributed by atoms with Gasteiger partial charge in [0, 0.05) is 12.8 Å². The maximum absolute atomic E-state index is 13.4. The molecule has 1 aliphatic heterocycles. The summed E-state index contributed by atoms with van der Waals surface area (Å²) in [4.78, 5) is 12.2. The Morgan fingerprint density at radius 3 is 2.33 bits per heavy atom. The van der Waals surface area contributed by atoms with Crippen LogP contribution in [0.2, 0.25) is 0 Å². The minimum atomic E-state index is -0.298. The fourth-order valence-electron chi connectivity index (χ4n) is 4.02. The van der Waals surface area contributed by atoms with E-state index >= 15 is 0 Å². The summed E-state index contributed by atoms with van der Waals surface area (Å²) >= 11 is 0. The number of rotatable bonds is 2. The Morgan fingerprint density at radius 2 is 1.70 bits per heavy atom. The Hall–Kier alpha value is -2.82. The van der Waals surface area contributed by atoms with Crippen LogP contribution in [0.4, 0.5) is 8.78 Å². The quantitative estimate of drug-likeness (QED) is 0.727. The number of nitrogens with zero attached hydrogens (tertiary/aromatic N) is 2. The van der Waals surface area contributed by atoms with E-state index in [1.54, 1.807) is 24.3 Å². The molecule has 0 spiro atoms. The van der Waals surface area contributed by atoms with Gasteiger partial charge in [-0.25, -0.2) is 13.8 Å². The van der Waals surface area contributed by atoms with Crippen LogP contribution in [0, 0.1) is 17.6 Å². The van der Waals surface area contributed by atoms with Crippen LogP contribution in [0.15, 0.2) is 59.2 Å². The monoisotopic (exact) mass is 366 g/mol. The molecule has 5 heteroatoms. The van der Waals surface area contributed by atoms with Crippen LogP contribution in [0.1, 0.15) is 43.4 Å². The van der Waals surface area contributed by atoms with E-state index in [1.807, 2.05) is 6.08 Å². The van der Waals surface area contributed by atoms with Gasteiger partial charge in [-0.2, -0.15) is 5.10 Å². The van der Waals surface area contributed by atoms with Crippen molar-refractivity contribution in [2.24, 2.45) is 11.0 Å². The molecule has 138 valence electrons. The Morgan fingerprint density at radius 1 is 1.07 bits per heavy atom. The van der Waals surface area contributed by atoms with Crippen LogP contribution < -0.4 is 0 Å². The van der Waals surface area contributed by atoms with E-state index in [0.717, 1.165) is 41.7 Å². The SMILES string of the molecule is CC(=O)N1N=C2/C(=C/c3ccc(F)cc3)CCC[C@@H]2[C@H]1c1ccc(F)cc1. The van der Waals surface area contributed by atoms with Crippen molar-refractivity contribution in [1.82, 2.24) is 5.01 Å². The highest BCUT2D eigenvalue weighted by Gasteiger charge is 2.42. The topological polar surface area (TPSA) is 32.7 Å². The standard InChI is InChI=1S/C22H20F2N2O/c1-14(27)26-22(16-7-11-19(24)12-8-16)20-4-2-3-17(21(20)25-26)13-15-5-9-18(23)10-6-15/h5-13,20,22H,2-4H2,1H3/b17-13+/t20-,22+/m0/s1. The first-order chi connectivity index (χ1) is 13.0. The molecule has 2 atom stereocenters. The number of halogens is 2. The summed E-state index contributed by atoms with van der Waals surface area (Å²) in [5.41, 5.74) is 3.79. The minimum absolute atomic E-state index is 0.0832. The zero-order chi connectivity index (χ0) is 19.0. The summed E-state index contributed by atoms with van der Waals surface area (Å²) in [6.07, 6.45) is 4.80. The van der Waals surface area contributed by atoms with E-state index in [2.05, 4.69) is 5.10 Å². The van der Waals surface area contributed by atoms with Crippen LogP contribution in [0.5, 0.6) is 0 Å².